The molecule has 0 fully saturated rings. The molecule has 0 aliphatic rings. The van der Waals surface area contributed by atoms with Gasteiger partial charge in [0.25, 0.3) is 5.91 Å². The van der Waals surface area contributed by atoms with E-state index in [0.717, 1.165) is 18.7 Å². The number of anilines is 1. The quantitative estimate of drug-likeness (QED) is 0.825. The summed E-state index contributed by atoms with van der Waals surface area (Å²) >= 11 is 0. The maximum absolute atomic E-state index is 10.9. The van der Waals surface area contributed by atoms with Crippen LogP contribution in [-0.4, -0.2) is 29.8 Å². The van der Waals surface area contributed by atoms with E-state index in [-0.39, 0.29) is 5.69 Å². The Hall–Kier alpha value is -2.63. The molecule has 104 valence electrons. The number of hydrogen-bond donors (Lipinski definition) is 2. The number of carbonyl (C=O) groups is 1. The van der Waals surface area contributed by atoms with E-state index in [1.807, 2.05) is 24.3 Å². The molecule has 1 aromatic carbocycles. The lowest BCUT2D eigenvalue weighted by atomic mass is 10.1. The molecular formula is C14H16N4O2. The van der Waals surface area contributed by atoms with Crippen molar-refractivity contribution in [3.8, 4) is 5.75 Å². The first kappa shape index (κ1) is 13.8. The molecule has 3 N–H and O–H groups in total. The van der Waals surface area contributed by atoms with Gasteiger partial charge in [-0.3, -0.25) is 4.79 Å². The molecule has 0 saturated heterocycles. The molecule has 0 aliphatic heterocycles. The minimum absolute atomic E-state index is 0.158. The third-order valence-electron chi connectivity index (χ3n) is 2.80. The lowest BCUT2D eigenvalue weighted by molar-refractivity contribution is 0.0994. The van der Waals surface area contributed by atoms with Crippen molar-refractivity contribution in [1.29, 1.82) is 0 Å². The molecule has 1 heterocycles. The van der Waals surface area contributed by atoms with Gasteiger partial charge in [-0.1, -0.05) is 12.1 Å². The first-order valence-corrected chi connectivity index (χ1v) is 6.19. The number of ether oxygens (including phenoxy) is 1. The zero-order chi connectivity index (χ0) is 14.4. The zero-order valence-corrected chi connectivity index (χ0v) is 11.2. The number of nitrogens with one attached hydrogen (secondary N) is 1. The van der Waals surface area contributed by atoms with E-state index in [9.17, 15) is 4.79 Å². The number of hydrogen-bond acceptors (Lipinski definition) is 5. The summed E-state index contributed by atoms with van der Waals surface area (Å²) in [5.74, 6) is 0.875. The third kappa shape index (κ3) is 3.68. The number of aromatic nitrogens is 2. The highest BCUT2D eigenvalue weighted by molar-refractivity contribution is 5.90. The van der Waals surface area contributed by atoms with Crippen LogP contribution in [0.1, 0.15) is 16.1 Å². The summed E-state index contributed by atoms with van der Waals surface area (Å²) in [6.07, 6.45) is 0.850. The van der Waals surface area contributed by atoms with Gasteiger partial charge in [0.05, 0.1) is 7.11 Å². The normalized spacial score (nSPS) is 10.1. The van der Waals surface area contributed by atoms with E-state index < -0.39 is 5.91 Å². The lowest BCUT2D eigenvalue weighted by Crippen LogP contribution is -2.14. The molecule has 6 heteroatoms. The van der Waals surface area contributed by atoms with Gasteiger partial charge in [-0.05, 0) is 36.2 Å². The van der Waals surface area contributed by atoms with Crippen LogP contribution in [0.3, 0.4) is 0 Å². The average molecular weight is 272 g/mol. The van der Waals surface area contributed by atoms with Gasteiger partial charge in [0.1, 0.15) is 11.6 Å². The molecule has 0 atom stereocenters. The van der Waals surface area contributed by atoms with Gasteiger partial charge in [-0.2, -0.15) is 0 Å². The third-order valence-corrected chi connectivity index (χ3v) is 2.80. The minimum Gasteiger partial charge on any atom is -0.497 e. The second-order valence-corrected chi connectivity index (χ2v) is 4.19. The van der Waals surface area contributed by atoms with Crippen LogP contribution in [0.5, 0.6) is 5.75 Å². The Kier molecular flexibility index (Phi) is 4.49. The molecular weight excluding hydrogens is 256 g/mol. The summed E-state index contributed by atoms with van der Waals surface area (Å²) in [5, 5.41) is 10.7. The predicted octanol–water partition coefficient (Wildman–Crippen LogP) is 1.24. The van der Waals surface area contributed by atoms with E-state index in [1.165, 1.54) is 5.56 Å². The van der Waals surface area contributed by atoms with Gasteiger partial charge in [-0.15, -0.1) is 10.2 Å². The molecule has 0 bridgehead atoms. The Bertz CT molecular complexity index is 567. The fourth-order valence-corrected chi connectivity index (χ4v) is 1.69. The molecule has 0 spiro atoms. The van der Waals surface area contributed by atoms with E-state index in [1.54, 1.807) is 19.2 Å². The fourth-order valence-electron chi connectivity index (χ4n) is 1.69. The van der Waals surface area contributed by atoms with Gasteiger partial charge < -0.3 is 15.8 Å². The number of rotatable bonds is 6. The van der Waals surface area contributed by atoms with Gasteiger partial charge >= 0.3 is 0 Å². The minimum atomic E-state index is -0.581. The van der Waals surface area contributed by atoms with Crippen molar-refractivity contribution in [2.45, 2.75) is 6.42 Å². The monoisotopic (exact) mass is 272 g/mol. The Labute approximate surface area is 117 Å². The molecule has 6 nitrogen and oxygen atoms in total. The van der Waals surface area contributed by atoms with Crippen molar-refractivity contribution in [1.82, 2.24) is 10.2 Å². The van der Waals surface area contributed by atoms with Crippen molar-refractivity contribution >= 4 is 11.7 Å². The molecule has 1 amide bonds. The maximum atomic E-state index is 10.9. The van der Waals surface area contributed by atoms with Crippen LogP contribution in [0, 0.1) is 0 Å². The largest absolute Gasteiger partial charge is 0.497 e. The summed E-state index contributed by atoms with van der Waals surface area (Å²) in [5.41, 5.74) is 6.44. The summed E-state index contributed by atoms with van der Waals surface area (Å²) < 4.78 is 5.10. The highest BCUT2D eigenvalue weighted by Crippen LogP contribution is 2.11. The summed E-state index contributed by atoms with van der Waals surface area (Å²) in [4.78, 5) is 10.9. The highest BCUT2D eigenvalue weighted by atomic mass is 16.5. The lowest BCUT2D eigenvalue weighted by Gasteiger charge is -2.06. The number of methoxy groups -OCH3 is 1. The maximum Gasteiger partial charge on any atom is 0.269 e. The molecule has 1 aromatic heterocycles. The van der Waals surface area contributed by atoms with E-state index >= 15 is 0 Å². The molecule has 2 aromatic rings. The van der Waals surface area contributed by atoms with Crippen LogP contribution in [0.4, 0.5) is 5.82 Å². The molecule has 0 aliphatic carbocycles. The Morgan fingerprint density at radius 2 is 1.95 bits per heavy atom. The number of primary amides is 1. The van der Waals surface area contributed by atoms with Crippen LogP contribution in [0.15, 0.2) is 36.4 Å². The highest BCUT2D eigenvalue weighted by Gasteiger charge is 2.02. The summed E-state index contributed by atoms with van der Waals surface area (Å²) in [7, 11) is 1.64. The molecule has 2 rings (SSSR count). The molecule has 0 unspecified atom stereocenters. The molecule has 0 saturated carbocycles. The zero-order valence-electron chi connectivity index (χ0n) is 11.2. The molecule has 20 heavy (non-hydrogen) atoms. The van der Waals surface area contributed by atoms with Crippen LogP contribution in [0.25, 0.3) is 0 Å². The van der Waals surface area contributed by atoms with E-state index in [2.05, 4.69) is 15.5 Å². The summed E-state index contributed by atoms with van der Waals surface area (Å²) in [6, 6.07) is 11.1. The second-order valence-electron chi connectivity index (χ2n) is 4.19. The SMILES string of the molecule is COc1ccc(CCNc2ccc(C(N)=O)nn2)cc1. The smallest absolute Gasteiger partial charge is 0.269 e. The van der Waals surface area contributed by atoms with Gasteiger partial charge in [0.15, 0.2) is 5.69 Å². The van der Waals surface area contributed by atoms with Gasteiger partial charge in [-0.25, -0.2) is 0 Å². The number of nitrogens with two attached hydrogens (primary N) is 1. The van der Waals surface area contributed by atoms with Crippen molar-refractivity contribution < 1.29 is 9.53 Å². The van der Waals surface area contributed by atoms with Crippen molar-refractivity contribution in [2.24, 2.45) is 5.73 Å². The Morgan fingerprint density at radius 3 is 2.50 bits per heavy atom. The number of nitrogens with zero attached hydrogens (tertiary/aromatic N) is 2. The van der Waals surface area contributed by atoms with Crippen molar-refractivity contribution in [3.63, 3.8) is 0 Å². The summed E-state index contributed by atoms with van der Waals surface area (Å²) in [6.45, 7) is 0.719. The Balaban J connectivity index is 1.84. The van der Waals surface area contributed by atoms with Crippen LogP contribution in [0.2, 0.25) is 0 Å². The topological polar surface area (TPSA) is 90.1 Å². The van der Waals surface area contributed by atoms with Gasteiger partial charge in [0, 0.05) is 6.54 Å². The second kappa shape index (κ2) is 6.51. The number of carbonyl (C=O) groups excluding carboxylic acids is 1. The Morgan fingerprint density at radius 1 is 1.20 bits per heavy atom. The van der Waals surface area contributed by atoms with Crippen LogP contribution in [-0.2, 0) is 6.42 Å². The van der Waals surface area contributed by atoms with Crippen LogP contribution >= 0.6 is 0 Å². The van der Waals surface area contributed by atoms with Crippen LogP contribution < -0.4 is 15.8 Å². The first-order valence-electron chi connectivity index (χ1n) is 6.19. The van der Waals surface area contributed by atoms with E-state index in [4.69, 9.17) is 10.5 Å². The average Bonchev–Trinajstić information content (AvgIpc) is 2.48. The van der Waals surface area contributed by atoms with Gasteiger partial charge in [0.2, 0.25) is 0 Å². The number of amides is 1. The number of benzene rings is 1. The van der Waals surface area contributed by atoms with Crippen molar-refractivity contribution in [3.05, 3.63) is 47.7 Å². The molecule has 0 radical (unpaired) electrons. The predicted molar refractivity (Wildman–Crippen MR) is 75.7 cm³/mol. The van der Waals surface area contributed by atoms with E-state index in [0.29, 0.717) is 5.82 Å². The fraction of sp³-hybridized carbons (Fsp3) is 0.214. The standard InChI is InChI=1S/C14H16N4O2/c1-20-11-4-2-10(3-5-11)8-9-16-13-7-6-12(14(15)19)17-18-13/h2-7H,8-9H2,1H3,(H2,15,19)(H,16,18). The van der Waals surface area contributed by atoms with Crippen molar-refractivity contribution in [2.75, 3.05) is 19.0 Å². The first-order chi connectivity index (χ1) is 9.69.